The van der Waals surface area contributed by atoms with Crippen LogP contribution in [0.15, 0.2) is 48.5 Å². The van der Waals surface area contributed by atoms with Gasteiger partial charge in [0.05, 0.1) is 11.4 Å². The molecule has 0 radical (unpaired) electrons. The molecule has 1 aliphatic carbocycles. The number of nitrogen functional groups attached to an aromatic ring is 1. The van der Waals surface area contributed by atoms with Crippen molar-refractivity contribution >= 4 is 11.4 Å². The Labute approximate surface area is 168 Å². The van der Waals surface area contributed by atoms with E-state index < -0.39 is 0 Å². The van der Waals surface area contributed by atoms with E-state index in [1.54, 1.807) is 6.07 Å². The molecule has 2 aromatic carbocycles. The van der Waals surface area contributed by atoms with Crippen LogP contribution >= 0.6 is 0 Å². The van der Waals surface area contributed by atoms with E-state index in [0.717, 1.165) is 31.6 Å². The lowest BCUT2D eigenvalue weighted by Crippen LogP contribution is -2.51. The van der Waals surface area contributed by atoms with E-state index in [2.05, 4.69) is 40.5 Å². The second-order valence-electron chi connectivity index (χ2n) is 8.42. The van der Waals surface area contributed by atoms with E-state index in [0.29, 0.717) is 6.04 Å². The highest BCUT2D eigenvalue weighted by Crippen LogP contribution is 2.42. The molecule has 1 saturated carbocycles. The minimum absolute atomic E-state index is 0.181. The molecule has 0 atom stereocenters. The lowest BCUT2D eigenvalue weighted by Gasteiger charge is -2.48. The standard InChI is InChI=1S/C24H32FN3/c25-21-11-8-12-22(23(21)26)27-20-13-17-28(18-14-20)24(15-6-1-2-7-16-24)19-9-4-3-5-10-19/h3-5,8-12,20,27H,1-2,6-7,13-18,26H2. The van der Waals surface area contributed by atoms with Crippen molar-refractivity contribution in [3.05, 3.63) is 59.9 Å². The van der Waals surface area contributed by atoms with Gasteiger partial charge in [-0.25, -0.2) is 4.39 Å². The van der Waals surface area contributed by atoms with E-state index in [1.165, 1.54) is 50.2 Å². The molecule has 1 saturated heterocycles. The maximum Gasteiger partial charge on any atom is 0.148 e. The summed E-state index contributed by atoms with van der Waals surface area (Å²) in [5.74, 6) is -0.344. The zero-order chi connectivity index (χ0) is 19.4. The van der Waals surface area contributed by atoms with Gasteiger partial charge in [-0.3, -0.25) is 4.90 Å². The number of hydrogen-bond donors (Lipinski definition) is 2. The Morgan fingerprint density at radius 3 is 2.25 bits per heavy atom. The Hall–Kier alpha value is -2.07. The first-order valence-corrected chi connectivity index (χ1v) is 10.8. The van der Waals surface area contributed by atoms with Gasteiger partial charge < -0.3 is 11.1 Å². The topological polar surface area (TPSA) is 41.3 Å². The summed E-state index contributed by atoms with van der Waals surface area (Å²) in [7, 11) is 0. The molecule has 28 heavy (non-hydrogen) atoms. The summed E-state index contributed by atoms with van der Waals surface area (Å²) in [5, 5.41) is 3.49. The molecule has 0 bridgehead atoms. The van der Waals surface area contributed by atoms with Gasteiger partial charge in [0.1, 0.15) is 5.82 Å². The Morgan fingerprint density at radius 1 is 0.893 bits per heavy atom. The average Bonchev–Trinajstić information content (AvgIpc) is 3.00. The molecule has 0 amide bonds. The first kappa shape index (κ1) is 19.3. The van der Waals surface area contributed by atoms with Crippen LogP contribution < -0.4 is 11.1 Å². The fourth-order valence-corrected chi connectivity index (χ4v) is 5.18. The number of halogens is 1. The summed E-state index contributed by atoms with van der Waals surface area (Å²) in [5.41, 5.74) is 8.53. The van der Waals surface area contributed by atoms with E-state index >= 15 is 0 Å². The number of nitrogens with one attached hydrogen (secondary N) is 1. The van der Waals surface area contributed by atoms with E-state index in [1.807, 2.05) is 6.07 Å². The van der Waals surface area contributed by atoms with Crippen molar-refractivity contribution in [3.8, 4) is 0 Å². The summed E-state index contributed by atoms with van der Waals surface area (Å²) in [4.78, 5) is 2.74. The number of nitrogens with zero attached hydrogens (tertiary/aromatic N) is 1. The van der Waals surface area contributed by atoms with Crippen LogP contribution in [0.2, 0.25) is 0 Å². The highest BCUT2D eigenvalue weighted by molar-refractivity contribution is 5.66. The quantitative estimate of drug-likeness (QED) is 0.540. The number of rotatable bonds is 4. The number of nitrogens with two attached hydrogens (primary N) is 1. The summed E-state index contributed by atoms with van der Waals surface area (Å²) in [6.45, 7) is 2.14. The number of piperidine rings is 1. The molecule has 2 fully saturated rings. The highest BCUT2D eigenvalue weighted by Gasteiger charge is 2.40. The minimum Gasteiger partial charge on any atom is -0.395 e. The molecule has 3 nitrogen and oxygen atoms in total. The fraction of sp³-hybridized carbons (Fsp3) is 0.500. The van der Waals surface area contributed by atoms with Crippen molar-refractivity contribution in [2.75, 3.05) is 24.1 Å². The van der Waals surface area contributed by atoms with Crippen molar-refractivity contribution in [1.29, 1.82) is 0 Å². The minimum atomic E-state index is -0.344. The Morgan fingerprint density at radius 2 is 1.57 bits per heavy atom. The highest BCUT2D eigenvalue weighted by atomic mass is 19.1. The Kier molecular flexibility index (Phi) is 5.86. The van der Waals surface area contributed by atoms with Crippen LogP contribution in [0, 0.1) is 5.82 Å². The van der Waals surface area contributed by atoms with Gasteiger partial charge in [-0.2, -0.15) is 0 Å². The molecule has 3 N–H and O–H groups in total. The molecular weight excluding hydrogens is 349 g/mol. The molecular formula is C24H32FN3. The van der Waals surface area contributed by atoms with Crippen LogP contribution in [-0.2, 0) is 5.54 Å². The Bertz CT molecular complexity index is 761. The van der Waals surface area contributed by atoms with Gasteiger partial charge in [0, 0.05) is 24.7 Å². The summed E-state index contributed by atoms with van der Waals surface area (Å²) in [6.07, 6.45) is 9.96. The van der Waals surface area contributed by atoms with Crippen molar-refractivity contribution in [1.82, 2.24) is 4.90 Å². The number of benzene rings is 2. The van der Waals surface area contributed by atoms with Gasteiger partial charge in [-0.15, -0.1) is 0 Å². The average molecular weight is 382 g/mol. The van der Waals surface area contributed by atoms with Crippen LogP contribution in [0.3, 0.4) is 0 Å². The van der Waals surface area contributed by atoms with Crippen molar-refractivity contribution in [3.63, 3.8) is 0 Å². The van der Waals surface area contributed by atoms with Gasteiger partial charge >= 0.3 is 0 Å². The van der Waals surface area contributed by atoms with Crippen LogP contribution in [0.5, 0.6) is 0 Å². The van der Waals surface area contributed by atoms with Crippen LogP contribution in [-0.4, -0.2) is 24.0 Å². The van der Waals surface area contributed by atoms with Crippen molar-refractivity contribution in [2.24, 2.45) is 0 Å². The van der Waals surface area contributed by atoms with Crippen molar-refractivity contribution < 1.29 is 4.39 Å². The lowest BCUT2D eigenvalue weighted by atomic mass is 9.79. The zero-order valence-electron chi connectivity index (χ0n) is 16.7. The normalized spacial score (nSPS) is 21.2. The predicted octanol–water partition coefficient (Wildman–Crippen LogP) is 5.53. The molecule has 0 aromatic heterocycles. The molecule has 1 heterocycles. The molecule has 4 heteroatoms. The molecule has 1 aliphatic heterocycles. The molecule has 150 valence electrons. The summed E-state index contributed by atoms with van der Waals surface area (Å²) in [6, 6.07) is 16.5. The van der Waals surface area contributed by atoms with Gasteiger partial charge in [0.2, 0.25) is 0 Å². The number of anilines is 2. The van der Waals surface area contributed by atoms with Crippen LogP contribution in [0.4, 0.5) is 15.8 Å². The van der Waals surface area contributed by atoms with Crippen LogP contribution in [0.25, 0.3) is 0 Å². The van der Waals surface area contributed by atoms with Gasteiger partial charge in [-0.1, -0.05) is 62.1 Å². The predicted molar refractivity (Wildman–Crippen MR) is 115 cm³/mol. The third-order valence-corrected chi connectivity index (χ3v) is 6.75. The van der Waals surface area contributed by atoms with Crippen LogP contribution in [0.1, 0.15) is 56.9 Å². The second kappa shape index (κ2) is 8.52. The van der Waals surface area contributed by atoms with Gasteiger partial charge in [0.25, 0.3) is 0 Å². The van der Waals surface area contributed by atoms with Gasteiger partial charge in [0.15, 0.2) is 0 Å². The van der Waals surface area contributed by atoms with E-state index in [4.69, 9.17) is 5.73 Å². The largest absolute Gasteiger partial charge is 0.395 e. The monoisotopic (exact) mass is 381 g/mol. The first-order valence-electron chi connectivity index (χ1n) is 10.8. The Balaban J connectivity index is 1.48. The lowest BCUT2D eigenvalue weighted by molar-refractivity contribution is 0.0460. The fourth-order valence-electron chi connectivity index (χ4n) is 5.18. The summed E-state index contributed by atoms with van der Waals surface area (Å²) < 4.78 is 13.7. The van der Waals surface area contributed by atoms with E-state index in [9.17, 15) is 4.39 Å². The maximum atomic E-state index is 13.7. The molecule has 2 aromatic rings. The maximum absolute atomic E-state index is 13.7. The van der Waals surface area contributed by atoms with Crippen molar-refractivity contribution in [2.45, 2.75) is 62.9 Å². The second-order valence-corrected chi connectivity index (χ2v) is 8.42. The third-order valence-electron chi connectivity index (χ3n) is 6.75. The number of likely N-dealkylation sites (tertiary alicyclic amines) is 1. The smallest absolute Gasteiger partial charge is 0.148 e. The molecule has 0 unspecified atom stereocenters. The number of para-hydroxylation sites is 1. The van der Waals surface area contributed by atoms with E-state index in [-0.39, 0.29) is 17.0 Å². The SMILES string of the molecule is Nc1c(F)cccc1NC1CCN(C2(c3ccccc3)CCCCCC2)CC1. The zero-order valence-corrected chi connectivity index (χ0v) is 16.7. The number of hydrogen-bond acceptors (Lipinski definition) is 3. The molecule has 0 spiro atoms. The first-order chi connectivity index (χ1) is 13.7. The molecule has 4 rings (SSSR count). The summed E-state index contributed by atoms with van der Waals surface area (Å²) >= 11 is 0. The third kappa shape index (κ3) is 3.88. The molecule has 2 aliphatic rings. The van der Waals surface area contributed by atoms with Gasteiger partial charge in [-0.05, 0) is 43.4 Å².